The van der Waals surface area contributed by atoms with Crippen molar-refractivity contribution in [2.24, 2.45) is 0 Å². The molecule has 3 rings (SSSR count). The van der Waals surface area contributed by atoms with E-state index in [-0.39, 0.29) is 0 Å². The molecule has 3 aromatic rings. The standard InChI is InChI=1S/C26H24ClFO/c1-2-3-4-5-18-29-25-16-13-22(14-17-25)21-9-6-20(7-10-21)8-11-23-12-15-24(27)19-26(23)28/h6-7,9-10,12-17,19H,2-5,18H2,1H3. The van der Waals surface area contributed by atoms with Crippen molar-refractivity contribution in [2.75, 3.05) is 6.61 Å². The third-order valence-electron chi connectivity index (χ3n) is 4.61. The smallest absolute Gasteiger partial charge is 0.140 e. The van der Waals surface area contributed by atoms with Crippen LogP contribution in [0.3, 0.4) is 0 Å². The number of halogens is 2. The molecule has 0 saturated carbocycles. The molecule has 0 aliphatic rings. The minimum Gasteiger partial charge on any atom is -0.494 e. The zero-order valence-electron chi connectivity index (χ0n) is 16.6. The van der Waals surface area contributed by atoms with Crippen LogP contribution < -0.4 is 4.74 Å². The van der Waals surface area contributed by atoms with Crippen molar-refractivity contribution < 1.29 is 9.13 Å². The summed E-state index contributed by atoms with van der Waals surface area (Å²) in [4.78, 5) is 0. The quantitative estimate of drug-likeness (QED) is 0.291. The Hall–Kier alpha value is -2.76. The summed E-state index contributed by atoms with van der Waals surface area (Å²) in [6, 6.07) is 20.5. The van der Waals surface area contributed by atoms with Crippen molar-refractivity contribution in [3.05, 3.63) is 88.7 Å². The Morgan fingerprint density at radius 3 is 2.17 bits per heavy atom. The molecule has 0 radical (unpaired) electrons. The molecule has 0 fully saturated rings. The highest BCUT2D eigenvalue weighted by molar-refractivity contribution is 6.30. The molecule has 3 aromatic carbocycles. The lowest BCUT2D eigenvalue weighted by atomic mass is 10.0. The molecule has 0 aromatic heterocycles. The van der Waals surface area contributed by atoms with Crippen LogP contribution in [-0.4, -0.2) is 6.61 Å². The summed E-state index contributed by atoms with van der Waals surface area (Å²) in [5, 5.41) is 0.366. The van der Waals surface area contributed by atoms with Crippen LogP contribution in [0.4, 0.5) is 4.39 Å². The van der Waals surface area contributed by atoms with Gasteiger partial charge in [-0.1, -0.05) is 73.9 Å². The molecule has 29 heavy (non-hydrogen) atoms. The molecule has 148 valence electrons. The predicted molar refractivity (Wildman–Crippen MR) is 119 cm³/mol. The van der Waals surface area contributed by atoms with E-state index in [9.17, 15) is 4.39 Å². The monoisotopic (exact) mass is 406 g/mol. The summed E-state index contributed by atoms with van der Waals surface area (Å²) in [6.45, 7) is 2.97. The molecule has 0 N–H and O–H groups in total. The number of ether oxygens (including phenoxy) is 1. The molecule has 3 heteroatoms. The van der Waals surface area contributed by atoms with Crippen LogP contribution in [-0.2, 0) is 0 Å². The number of benzene rings is 3. The summed E-state index contributed by atoms with van der Waals surface area (Å²) in [5.41, 5.74) is 3.38. The topological polar surface area (TPSA) is 9.23 Å². The van der Waals surface area contributed by atoms with Gasteiger partial charge in [-0.2, -0.15) is 0 Å². The summed E-state index contributed by atoms with van der Waals surface area (Å²) in [6.07, 6.45) is 4.81. The predicted octanol–water partition coefficient (Wildman–Crippen LogP) is 7.51. The second kappa shape index (κ2) is 10.7. The number of hydrogen-bond donors (Lipinski definition) is 0. The average Bonchev–Trinajstić information content (AvgIpc) is 2.74. The Kier molecular flexibility index (Phi) is 7.73. The fraction of sp³-hybridized carbons (Fsp3) is 0.231. The van der Waals surface area contributed by atoms with E-state index in [1.807, 2.05) is 36.4 Å². The maximum absolute atomic E-state index is 13.8. The largest absolute Gasteiger partial charge is 0.494 e. The lowest BCUT2D eigenvalue weighted by molar-refractivity contribution is 0.305. The van der Waals surface area contributed by atoms with Crippen molar-refractivity contribution in [1.29, 1.82) is 0 Å². The summed E-state index contributed by atoms with van der Waals surface area (Å²) < 4.78 is 19.6. The highest BCUT2D eigenvalue weighted by Gasteiger charge is 2.01. The molecular weight excluding hydrogens is 383 g/mol. The first-order chi connectivity index (χ1) is 14.2. The van der Waals surface area contributed by atoms with E-state index in [4.69, 9.17) is 16.3 Å². The van der Waals surface area contributed by atoms with E-state index >= 15 is 0 Å². The minimum absolute atomic E-state index is 0.337. The van der Waals surface area contributed by atoms with Crippen LogP contribution in [0.15, 0.2) is 66.7 Å². The van der Waals surface area contributed by atoms with Crippen LogP contribution in [0.1, 0.15) is 43.7 Å². The molecule has 0 spiro atoms. The molecule has 0 atom stereocenters. The van der Waals surface area contributed by atoms with E-state index in [1.54, 1.807) is 12.1 Å². The normalized spacial score (nSPS) is 10.3. The first-order valence-corrected chi connectivity index (χ1v) is 10.3. The third-order valence-corrected chi connectivity index (χ3v) is 4.85. The molecule has 0 bridgehead atoms. The Balaban J connectivity index is 1.61. The second-order valence-electron chi connectivity index (χ2n) is 6.89. The molecular formula is C26H24ClFO. The molecule has 0 amide bonds. The molecule has 0 aliphatic heterocycles. The number of rotatable bonds is 7. The van der Waals surface area contributed by atoms with Gasteiger partial charge in [0.25, 0.3) is 0 Å². The van der Waals surface area contributed by atoms with Gasteiger partial charge >= 0.3 is 0 Å². The first-order valence-electron chi connectivity index (χ1n) is 9.96. The van der Waals surface area contributed by atoms with Crippen molar-refractivity contribution in [1.82, 2.24) is 0 Å². The van der Waals surface area contributed by atoms with Gasteiger partial charge in [-0.3, -0.25) is 0 Å². The average molecular weight is 407 g/mol. The maximum atomic E-state index is 13.8. The minimum atomic E-state index is -0.408. The SMILES string of the molecule is CCCCCCOc1ccc(-c2ccc(C#Cc3ccc(Cl)cc3F)cc2)cc1. The zero-order chi connectivity index (χ0) is 20.5. The van der Waals surface area contributed by atoms with Crippen molar-refractivity contribution in [3.63, 3.8) is 0 Å². The Morgan fingerprint density at radius 2 is 1.52 bits per heavy atom. The highest BCUT2D eigenvalue weighted by atomic mass is 35.5. The van der Waals surface area contributed by atoms with E-state index in [1.165, 1.54) is 25.3 Å². The number of hydrogen-bond acceptors (Lipinski definition) is 1. The van der Waals surface area contributed by atoms with Crippen LogP contribution in [0, 0.1) is 17.7 Å². The molecule has 1 nitrogen and oxygen atoms in total. The first kappa shape index (κ1) is 21.0. The zero-order valence-corrected chi connectivity index (χ0v) is 17.3. The fourth-order valence-electron chi connectivity index (χ4n) is 2.94. The van der Waals surface area contributed by atoms with Crippen molar-refractivity contribution >= 4 is 11.6 Å². The molecule has 0 saturated heterocycles. The van der Waals surface area contributed by atoms with Gasteiger partial charge in [-0.05, 0) is 60.0 Å². The van der Waals surface area contributed by atoms with Crippen molar-refractivity contribution in [3.8, 4) is 28.7 Å². The summed E-state index contributed by atoms with van der Waals surface area (Å²) >= 11 is 5.77. The van der Waals surface area contributed by atoms with Crippen molar-refractivity contribution in [2.45, 2.75) is 32.6 Å². The summed E-state index contributed by atoms with van der Waals surface area (Å²) in [5.74, 6) is 6.34. The maximum Gasteiger partial charge on any atom is 0.140 e. The van der Waals surface area contributed by atoms with Crippen LogP contribution in [0.2, 0.25) is 5.02 Å². The van der Waals surface area contributed by atoms with Gasteiger partial charge in [-0.15, -0.1) is 0 Å². The van der Waals surface area contributed by atoms with Gasteiger partial charge in [0.2, 0.25) is 0 Å². The lowest BCUT2D eigenvalue weighted by Crippen LogP contribution is -1.96. The molecule has 0 aliphatic carbocycles. The third kappa shape index (κ3) is 6.38. The second-order valence-corrected chi connectivity index (χ2v) is 7.32. The van der Waals surface area contributed by atoms with Gasteiger partial charge in [-0.25, -0.2) is 4.39 Å². The van der Waals surface area contributed by atoms with Gasteiger partial charge in [0.1, 0.15) is 11.6 Å². The van der Waals surface area contributed by atoms with Gasteiger partial charge in [0.15, 0.2) is 0 Å². The summed E-state index contributed by atoms with van der Waals surface area (Å²) in [7, 11) is 0. The lowest BCUT2D eigenvalue weighted by Gasteiger charge is -2.07. The van der Waals surface area contributed by atoms with Gasteiger partial charge < -0.3 is 4.74 Å². The van der Waals surface area contributed by atoms with Gasteiger partial charge in [0.05, 0.1) is 12.2 Å². The fourth-order valence-corrected chi connectivity index (χ4v) is 3.10. The highest BCUT2D eigenvalue weighted by Crippen LogP contribution is 2.23. The molecule has 0 heterocycles. The van der Waals surface area contributed by atoms with E-state index in [2.05, 4.69) is 30.9 Å². The van der Waals surface area contributed by atoms with E-state index in [0.29, 0.717) is 10.6 Å². The van der Waals surface area contributed by atoms with Crippen LogP contribution in [0.5, 0.6) is 5.75 Å². The van der Waals surface area contributed by atoms with E-state index < -0.39 is 5.82 Å². The number of unbranched alkanes of at least 4 members (excludes halogenated alkanes) is 3. The van der Waals surface area contributed by atoms with Crippen LogP contribution in [0.25, 0.3) is 11.1 Å². The Bertz CT molecular complexity index is 982. The Labute approximate surface area is 177 Å². The van der Waals surface area contributed by atoms with Gasteiger partial charge in [0, 0.05) is 10.6 Å². The molecule has 0 unspecified atom stereocenters. The van der Waals surface area contributed by atoms with E-state index in [0.717, 1.165) is 35.5 Å². The van der Waals surface area contributed by atoms with Crippen LogP contribution >= 0.6 is 11.6 Å². The Morgan fingerprint density at radius 1 is 0.828 bits per heavy atom.